The summed E-state index contributed by atoms with van der Waals surface area (Å²) in [5.74, 6) is 2.05. The highest BCUT2D eigenvalue weighted by molar-refractivity contribution is 8.27. The van der Waals surface area contributed by atoms with Crippen LogP contribution in [0.4, 0.5) is 5.69 Å². The quantitative estimate of drug-likeness (QED) is 0.338. The van der Waals surface area contributed by atoms with E-state index in [0.29, 0.717) is 27.3 Å². The van der Waals surface area contributed by atoms with Gasteiger partial charge in [0.05, 0.1) is 17.2 Å². The molecule has 0 unspecified atom stereocenters. The number of ether oxygens (including phenoxy) is 2. The average molecular weight is 434 g/mol. The van der Waals surface area contributed by atoms with Gasteiger partial charge >= 0.3 is 0 Å². The third-order valence-electron chi connectivity index (χ3n) is 4.37. The predicted molar refractivity (Wildman–Crippen MR) is 126 cm³/mol. The highest BCUT2D eigenvalue weighted by Crippen LogP contribution is 2.37. The van der Waals surface area contributed by atoms with Gasteiger partial charge in [0.25, 0.3) is 5.91 Å². The lowest BCUT2D eigenvalue weighted by atomic mass is 10.2. The van der Waals surface area contributed by atoms with Crippen LogP contribution in [0.5, 0.6) is 17.2 Å². The first-order valence-corrected chi connectivity index (χ1v) is 10.7. The number of para-hydroxylation sites is 2. The topological polar surface area (TPSA) is 38.8 Å². The molecular weight excluding hydrogens is 414 g/mol. The lowest BCUT2D eigenvalue weighted by Gasteiger charge is -2.15. The molecule has 1 amide bonds. The SMILES string of the molecule is CCOc1ccccc1/C=C1\SC(=S)N(c2ccc(Oc3ccccc3)cc2)C1=O. The van der Waals surface area contributed by atoms with Crippen molar-refractivity contribution in [3.8, 4) is 17.2 Å². The maximum absolute atomic E-state index is 13.0. The smallest absolute Gasteiger partial charge is 0.270 e. The minimum atomic E-state index is -0.145. The van der Waals surface area contributed by atoms with Gasteiger partial charge in [0.2, 0.25) is 0 Å². The van der Waals surface area contributed by atoms with Crippen molar-refractivity contribution < 1.29 is 14.3 Å². The molecule has 1 aliphatic heterocycles. The summed E-state index contributed by atoms with van der Waals surface area (Å²) >= 11 is 6.77. The highest BCUT2D eigenvalue weighted by atomic mass is 32.2. The van der Waals surface area contributed by atoms with Crippen molar-refractivity contribution in [2.24, 2.45) is 0 Å². The van der Waals surface area contributed by atoms with E-state index in [1.807, 2.05) is 91.9 Å². The maximum Gasteiger partial charge on any atom is 0.270 e. The third kappa shape index (κ3) is 4.40. The van der Waals surface area contributed by atoms with Gasteiger partial charge in [0.15, 0.2) is 4.32 Å². The molecule has 1 saturated heterocycles. The fourth-order valence-electron chi connectivity index (χ4n) is 3.01. The number of thioether (sulfide) groups is 1. The van der Waals surface area contributed by atoms with Crippen molar-refractivity contribution in [2.75, 3.05) is 11.5 Å². The summed E-state index contributed by atoms with van der Waals surface area (Å²) in [4.78, 5) is 15.2. The van der Waals surface area contributed by atoms with E-state index in [9.17, 15) is 4.79 Å². The Balaban J connectivity index is 1.54. The van der Waals surface area contributed by atoms with Gasteiger partial charge in [0, 0.05) is 5.56 Å². The lowest BCUT2D eigenvalue weighted by molar-refractivity contribution is -0.113. The summed E-state index contributed by atoms with van der Waals surface area (Å²) in [6.07, 6.45) is 1.83. The van der Waals surface area contributed by atoms with E-state index in [-0.39, 0.29) is 5.91 Å². The molecule has 0 aliphatic carbocycles. The summed E-state index contributed by atoms with van der Waals surface area (Å²) in [5, 5.41) is 0. The van der Waals surface area contributed by atoms with Crippen molar-refractivity contribution in [3.63, 3.8) is 0 Å². The summed E-state index contributed by atoms with van der Waals surface area (Å²) in [5.41, 5.74) is 1.56. The van der Waals surface area contributed by atoms with Gasteiger partial charge in [-0.25, -0.2) is 0 Å². The number of anilines is 1. The molecule has 0 atom stereocenters. The number of carbonyl (C=O) groups is 1. The van der Waals surface area contributed by atoms with Crippen molar-refractivity contribution in [2.45, 2.75) is 6.92 Å². The molecule has 0 radical (unpaired) electrons. The van der Waals surface area contributed by atoms with Crippen molar-refractivity contribution in [1.82, 2.24) is 0 Å². The van der Waals surface area contributed by atoms with Gasteiger partial charge in [-0.05, 0) is 55.5 Å². The summed E-state index contributed by atoms with van der Waals surface area (Å²) in [6, 6.07) is 24.5. The van der Waals surface area contributed by atoms with Crippen LogP contribution in [0.15, 0.2) is 83.8 Å². The molecule has 0 saturated carbocycles. The maximum atomic E-state index is 13.0. The van der Waals surface area contributed by atoms with E-state index in [0.717, 1.165) is 17.1 Å². The van der Waals surface area contributed by atoms with Gasteiger partial charge in [-0.3, -0.25) is 9.69 Å². The minimum absolute atomic E-state index is 0.145. The number of hydrogen-bond donors (Lipinski definition) is 0. The van der Waals surface area contributed by atoms with Gasteiger partial charge in [-0.2, -0.15) is 0 Å². The molecule has 6 heteroatoms. The van der Waals surface area contributed by atoms with E-state index in [4.69, 9.17) is 21.7 Å². The number of nitrogens with zero attached hydrogens (tertiary/aromatic N) is 1. The van der Waals surface area contributed by atoms with Crippen LogP contribution in [0.2, 0.25) is 0 Å². The number of rotatable bonds is 6. The minimum Gasteiger partial charge on any atom is -0.493 e. The summed E-state index contributed by atoms with van der Waals surface area (Å²) < 4.78 is 12.0. The first-order chi connectivity index (χ1) is 14.7. The number of hydrogen-bond acceptors (Lipinski definition) is 5. The van der Waals surface area contributed by atoms with E-state index < -0.39 is 0 Å². The van der Waals surface area contributed by atoms with Crippen LogP contribution in [-0.4, -0.2) is 16.8 Å². The molecule has 1 heterocycles. The first-order valence-electron chi connectivity index (χ1n) is 9.48. The molecule has 3 aromatic carbocycles. The van der Waals surface area contributed by atoms with Crippen LogP contribution >= 0.6 is 24.0 Å². The molecule has 30 heavy (non-hydrogen) atoms. The lowest BCUT2D eigenvalue weighted by Crippen LogP contribution is -2.27. The zero-order valence-electron chi connectivity index (χ0n) is 16.3. The Morgan fingerprint density at radius 1 is 0.933 bits per heavy atom. The molecule has 1 aliphatic rings. The molecular formula is C24H19NO3S2. The Labute approximate surface area is 185 Å². The fraction of sp³-hybridized carbons (Fsp3) is 0.0833. The van der Waals surface area contributed by atoms with Crippen LogP contribution in [0.25, 0.3) is 6.08 Å². The number of benzene rings is 3. The van der Waals surface area contributed by atoms with Crippen LogP contribution in [-0.2, 0) is 4.79 Å². The molecule has 3 aromatic rings. The molecule has 0 N–H and O–H groups in total. The van der Waals surface area contributed by atoms with E-state index in [2.05, 4.69) is 0 Å². The van der Waals surface area contributed by atoms with Crippen LogP contribution in [0, 0.1) is 0 Å². The first kappa shape index (κ1) is 20.2. The van der Waals surface area contributed by atoms with Crippen molar-refractivity contribution in [1.29, 1.82) is 0 Å². The number of carbonyl (C=O) groups excluding carboxylic acids is 1. The molecule has 0 spiro atoms. The largest absolute Gasteiger partial charge is 0.493 e. The molecule has 1 fully saturated rings. The van der Waals surface area contributed by atoms with E-state index >= 15 is 0 Å². The second kappa shape index (κ2) is 9.15. The Morgan fingerprint density at radius 3 is 2.33 bits per heavy atom. The van der Waals surface area contributed by atoms with Gasteiger partial charge < -0.3 is 9.47 Å². The van der Waals surface area contributed by atoms with E-state index in [1.165, 1.54) is 11.8 Å². The molecule has 4 rings (SSSR count). The van der Waals surface area contributed by atoms with Crippen molar-refractivity contribution in [3.05, 3.63) is 89.3 Å². The Kier molecular flexibility index (Phi) is 6.16. The highest BCUT2D eigenvalue weighted by Gasteiger charge is 2.33. The Hall–Kier alpha value is -3.09. The van der Waals surface area contributed by atoms with Gasteiger partial charge in [-0.15, -0.1) is 0 Å². The molecule has 0 bridgehead atoms. The zero-order valence-corrected chi connectivity index (χ0v) is 17.9. The average Bonchev–Trinajstić information content (AvgIpc) is 3.04. The third-order valence-corrected chi connectivity index (χ3v) is 5.68. The molecule has 0 aromatic heterocycles. The molecule has 150 valence electrons. The zero-order chi connectivity index (χ0) is 20.9. The summed E-state index contributed by atoms with van der Waals surface area (Å²) in [7, 11) is 0. The Morgan fingerprint density at radius 2 is 1.60 bits per heavy atom. The van der Waals surface area contributed by atoms with Crippen LogP contribution in [0.1, 0.15) is 12.5 Å². The number of thiocarbonyl (C=S) groups is 1. The fourth-order valence-corrected chi connectivity index (χ4v) is 4.30. The molecule has 4 nitrogen and oxygen atoms in total. The number of amides is 1. The monoisotopic (exact) mass is 433 g/mol. The summed E-state index contributed by atoms with van der Waals surface area (Å²) in [6.45, 7) is 2.49. The van der Waals surface area contributed by atoms with E-state index in [1.54, 1.807) is 4.90 Å². The second-order valence-corrected chi connectivity index (χ2v) is 8.07. The van der Waals surface area contributed by atoms with Crippen LogP contribution in [0.3, 0.4) is 0 Å². The van der Waals surface area contributed by atoms with Crippen molar-refractivity contribution >= 4 is 46.0 Å². The normalized spacial score (nSPS) is 15.0. The standard InChI is InChI=1S/C24H19NO3S2/c1-2-27-21-11-7-6-8-17(21)16-22-23(26)25(24(29)30-22)18-12-14-20(15-13-18)28-19-9-4-3-5-10-19/h3-16H,2H2,1H3/b22-16-. The second-order valence-electron chi connectivity index (χ2n) is 6.40. The van der Waals surface area contributed by atoms with Crippen LogP contribution < -0.4 is 14.4 Å². The van der Waals surface area contributed by atoms with Gasteiger partial charge in [-0.1, -0.05) is 60.4 Å². The van der Waals surface area contributed by atoms with Gasteiger partial charge in [0.1, 0.15) is 17.2 Å². The predicted octanol–water partition coefficient (Wildman–Crippen LogP) is 6.28. The Bertz CT molecular complexity index is 1090.